The molecule has 1 aliphatic heterocycles. The summed E-state index contributed by atoms with van der Waals surface area (Å²) < 4.78 is 0. The first-order valence-electron chi connectivity index (χ1n) is 5.94. The summed E-state index contributed by atoms with van der Waals surface area (Å²) in [4.78, 5) is 4.57. The van der Waals surface area contributed by atoms with E-state index in [2.05, 4.69) is 44.9 Å². The summed E-state index contributed by atoms with van der Waals surface area (Å²) in [6, 6.07) is 0. The average molecular weight is 228 g/mol. The number of amidine groups is 1. The van der Waals surface area contributed by atoms with Crippen LogP contribution in [0.15, 0.2) is 4.99 Å². The number of hydrogen-bond acceptors (Lipinski definition) is 3. The van der Waals surface area contributed by atoms with Crippen LogP contribution in [0.1, 0.15) is 47.5 Å². The molecule has 15 heavy (non-hydrogen) atoms. The topological polar surface area (TPSA) is 24.4 Å². The molecule has 0 spiro atoms. The van der Waals surface area contributed by atoms with Crippen molar-refractivity contribution in [1.29, 1.82) is 0 Å². The molecule has 1 heterocycles. The van der Waals surface area contributed by atoms with Crippen LogP contribution in [0, 0.1) is 5.92 Å². The predicted molar refractivity (Wildman–Crippen MR) is 70.6 cm³/mol. The van der Waals surface area contributed by atoms with Gasteiger partial charge in [-0.25, -0.2) is 0 Å². The quantitative estimate of drug-likeness (QED) is 0.798. The monoisotopic (exact) mass is 228 g/mol. The van der Waals surface area contributed by atoms with E-state index in [0.29, 0.717) is 11.2 Å². The molecule has 0 aromatic heterocycles. The Morgan fingerprint density at radius 1 is 1.53 bits per heavy atom. The van der Waals surface area contributed by atoms with E-state index in [1.54, 1.807) is 0 Å². The van der Waals surface area contributed by atoms with Gasteiger partial charge in [-0.3, -0.25) is 4.99 Å². The summed E-state index contributed by atoms with van der Waals surface area (Å²) in [5, 5.41) is 5.37. The highest BCUT2D eigenvalue weighted by Gasteiger charge is 2.26. The van der Waals surface area contributed by atoms with Gasteiger partial charge in [0.05, 0.1) is 6.54 Å². The molecule has 0 saturated carbocycles. The zero-order chi connectivity index (χ0) is 11.5. The Bertz CT molecular complexity index is 234. The second-order valence-corrected chi connectivity index (χ2v) is 6.53. The molecule has 1 N–H and O–H groups in total. The number of nitrogens with one attached hydrogen (secondary N) is 1. The highest BCUT2D eigenvalue weighted by atomic mass is 32.2. The maximum Gasteiger partial charge on any atom is 0.157 e. The van der Waals surface area contributed by atoms with Gasteiger partial charge in [0.1, 0.15) is 0 Å². The Kier molecular flexibility index (Phi) is 4.50. The van der Waals surface area contributed by atoms with Crippen LogP contribution < -0.4 is 5.32 Å². The van der Waals surface area contributed by atoms with Crippen molar-refractivity contribution in [3.05, 3.63) is 0 Å². The van der Waals surface area contributed by atoms with E-state index in [1.165, 1.54) is 12.8 Å². The molecule has 0 bridgehead atoms. The molecule has 3 heteroatoms. The minimum atomic E-state index is 0.187. The summed E-state index contributed by atoms with van der Waals surface area (Å²) in [6.45, 7) is 12.3. The van der Waals surface area contributed by atoms with Gasteiger partial charge in [0.25, 0.3) is 0 Å². The molecule has 1 aliphatic rings. The lowest BCUT2D eigenvalue weighted by atomic mass is 10.00. The maximum atomic E-state index is 4.57. The summed E-state index contributed by atoms with van der Waals surface area (Å²) in [5.74, 6) is 0.715. The van der Waals surface area contributed by atoms with E-state index in [0.717, 1.165) is 11.7 Å². The Morgan fingerprint density at radius 3 is 2.67 bits per heavy atom. The molecule has 1 rings (SSSR count). The van der Waals surface area contributed by atoms with Crippen LogP contribution in [-0.2, 0) is 0 Å². The van der Waals surface area contributed by atoms with Crippen molar-refractivity contribution in [3.63, 3.8) is 0 Å². The van der Waals surface area contributed by atoms with Gasteiger partial charge in [-0.15, -0.1) is 0 Å². The Labute approximate surface area is 98.3 Å². The maximum absolute atomic E-state index is 4.57. The fourth-order valence-corrected chi connectivity index (χ4v) is 2.98. The molecule has 0 aromatic carbocycles. The third-order valence-corrected chi connectivity index (χ3v) is 4.19. The molecular formula is C12H24N2S. The number of nitrogens with zero attached hydrogens (tertiary/aromatic N) is 1. The molecule has 1 atom stereocenters. The van der Waals surface area contributed by atoms with E-state index in [1.807, 2.05) is 11.8 Å². The minimum absolute atomic E-state index is 0.187. The lowest BCUT2D eigenvalue weighted by Gasteiger charge is -2.27. The number of aliphatic imine (C=N–C) groups is 1. The van der Waals surface area contributed by atoms with Crippen LogP contribution >= 0.6 is 11.8 Å². The molecule has 1 unspecified atom stereocenters. The first-order chi connectivity index (χ1) is 6.94. The molecule has 0 amide bonds. The van der Waals surface area contributed by atoms with Gasteiger partial charge in [-0.2, -0.15) is 0 Å². The first-order valence-corrected chi connectivity index (χ1v) is 6.82. The Morgan fingerprint density at radius 2 is 2.20 bits per heavy atom. The van der Waals surface area contributed by atoms with Crippen LogP contribution in [0.25, 0.3) is 0 Å². The van der Waals surface area contributed by atoms with Gasteiger partial charge in [-0.1, -0.05) is 39.0 Å². The number of thioether (sulfide) groups is 1. The third kappa shape index (κ3) is 4.06. The van der Waals surface area contributed by atoms with Crippen molar-refractivity contribution >= 4 is 16.9 Å². The number of rotatable bonds is 4. The van der Waals surface area contributed by atoms with Crippen molar-refractivity contribution in [2.75, 3.05) is 6.54 Å². The molecule has 0 aliphatic carbocycles. The molecule has 0 aromatic rings. The summed E-state index contributed by atoms with van der Waals surface area (Å²) >= 11 is 1.91. The smallest absolute Gasteiger partial charge is 0.157 e. The highest BCUT2D eigenvalue weighted by molar-refractivity contribution is 8.14. The van der Waals surface area contributed by atoms with Crippen molar-refractivity contribution < 1.29 is 0 Å². The molecule has 0 saturated heterocycles. The van der Waals surface area contributed by atoms with Crippen molar-refractivity contribution in [1.82, 2.24) is 5.32 Å². The largest absolute Gasteiger partial charge is 0.360 e. The Balaban J connectivity index is 2.41. The van der Waals surface area contributed by atoms with Crippen LogP contribution in [0.4, 0.5) is 0 Å². The van der Waals surface area contributed by atoms with Crippen LogP contribution in [0.5, 0.6) is 0 Å². The van der Waals surface area contributed by atoms with Gasteiger partial charge >= 0.3 is 0 Å². The van der Waals surface area contributed by atoms with E-state index in [-0.39, 0.29) is 5.54 Å². The summed E-state index contributed by atoms with van der Waals surface area (Å²) in [5.41, 5.74) is 0.187. The zero-order valence-corrected chi connectivity index (χ0v) is 11.4. The molecule has 0 radical (unpaired) electrons. The first kappa shape index (κ1) is 12.9. The standard InChI is InChI=1S/C12H24N2S/c1-6-7-12(4,5)14-11-13-8-10(15-11)9(2)3/h9-10H,6-8H2,1-5H3,(H,13,14). The van der Waals surface area contributed by atoms with Gasteiger partial charge < -0.3 is 5.32 Å². The van der Waals surface area contributed by atoms with E-state index >= 15 is 0 Å². The second-order valence-electron chi connectivity index (χ2n) is 5.31. The van der Waals surface area contributed by atoms with Crippen molar-refractivity contribution in [2.24, 2.45) is 10.9 Å². The summed E-state index contributed by atoms with van der Waals surface area (Å²) in [6.07, 6.45) is 2.41. The van der Waals surface area contributed by atoms with Gasteiger partial charge in [0.2, 0.25) is 0 Å². The lowest BCUT2D eigenvalue weighted by molar-refractivity contribution is 0.423. The zero-order valence-electron chi connectivity index (χ0n) is 10.6. The van der Waals surface area contributed by atoms with E-state index in [9.17, 15) is 0 Å². The molecule has 88 valence electrons. The van der Waals surface area contributed by atoms with E-state index in [4.69, 9.17) is 0 Å². The van der Waals surface area contributed by atoms with Crippen LogP contribution in [0.3, 0.4) is 0 Å². The van der Waals surface area contributed by atoms with Gasteiger partial charge in [0.15, 0.2) is 5.17 Å². The fraction of sp³-hybridized carbons (Fsp3) is 0.917. The van der Waals surface area contributed by atoms with Crippen LogP contribution in [-0.4, -0.2) is 22.5 Å². The average Bonchev–Trinajstić information content (AvgIpc) is 2.51. The summed E-state index contributed by atoms with van der Waals surface area (Å²) in [7, 11) is 0. The second kappa shape index (κ2) is 5.24. The molecule has 0 fully saturated rings. The third-order valence-electron chi connectivity index (χ3n) is 2.74. The number of hydrogen-bond donors (Lipinski definition) is 1. The fourth-order valence-electron chi connectivity index (χ4n) is 1.78. The molecular weight excluding hydrogens is 204 g/mol. The van der Waals surface area contributed by atoms with Crippen LogP contribution in [0.2, 0.25) is 0 Å². The van der Waals surface area contributed by atoms with Crippen molar-refractivity contribution in [3.8, 4) is 0 Å². The van der Waals surface area contributed by atoms with Crippen molar-refractivity contribution in [2.45, 2.75) is 58.2 Å². The highest BCUT2D eigenvalue weighted by Crippen LogP contribution is 2.27. The molecule has 2 nitrogen and oxygen atoms in total. The SMILES string of the molecule is CCCC(C)(C)NC1=NCC(C(C)C)S1. The normalized spacial score (nSPS) is 22.0. The van der Waals surface area contributed by atoms with Gasteiger partial charge in [-0.05, 0) is 26.2 Å². The van der Waals surface area contributed by atoms with Gasteiger partial charge in [0, 0.05) is 10.8 Å². The lowest BCUT2D eigenvalue weighted by Crippen LogP contribution is -2.41. The predicted octanol–water partition coefficient (Wildman–Crippen LogP) is 3.28. The Hall–Kier alpha value is -0.180. The minimum Gasteiger partial charge on any atom is -0.360 e. The van der Waals surface area contributed by atoms with E-state index < -0.39 is 0 Å².